The zero-order chi connectivity index (χ0) is 28.8. The monoisotopic (exact) mass is 567 g/mol. The number of benzene rings is 3. The van der Waals surface area contributed by atoms with Gasteiger partial charge in [-0.05, 0) is 36.2 Å². The molecule has 4 aromatic rings. The van der Waals surface area contributed by atoms with Gasteiger partial charge in [0.1, 0.15) is 16.3 Å². The van der Waals surface area contributed by atoms with Crippen molar-refractivity contribution in [3.8, 4) is 5.75 Å². The summed E-state index contributed by atoms with van der Waals surface area (Å²) in [5, 5.41) is 1.78. The molecule has 6 rings (SSSR count). The molecule has 9 heteroatoms. The summed E-state index contributed by atoms with van der Waals surface area (Å²) in [6.45, 7) is 3.94. The minimum Gasteiger partial charge on any atom is -0.496 e. The second kappa shape index (κ2) is 10.5. The first-order chi connectivity index (χ1) is 19.9. The third-order valence-corrected chi connectivity index (χ3v) is 8.63. The Morgan fingerprint density at radius 2 is 1.78 bits per heavy atom. The van der Waals surface area contributed by atoms with Crippen LogP contribution in [0.15, 0.2) is 81.7 Å². The van der Waals surface area contributed by atoms with Crippen LogP contribution >= 0.6 is 11.3 Å². The van der Waals surface area contributed by atoms with Crippen molar-refractivity contribution in [3.63, 3.8) is 0 Å². The van der Waals surface area contributed by atoms with Gasteiger partial charge in [0, 0.05) is 18.2 Å². The van der Waals surface area contributed by atoms with E-state index in [2.05, 4.69) is 0 Å². The lowest BCUT2D eigenvalue weighted by Gasteiger charge is -2.28. The molecule has 0 unspecified atom stereocenters. The van der Waals surface area contributed by atoms with Crippen LogP contribution in [0.2, 0.25) is 0 Å². The molecule has 3 heterocycles. The van der Waals surface area contributed by atoms with Crippen LogP contribution in [0.3, 0.4) is 0 Å². The summed E-state index contributed by atoms with van der Waals surface area (Å²) in [6, 6.07) is 18.2. The van der Waals surface area contributed by atoms with E-state index < -0.39 is 12.0 Å². The number of esters is 1. The van der Waals surface area contributed by atoms with Gasteiger partial charge in [-0.3, -0.25) is 14.2 Å². The first-order valence-corrected chi connectivity index (χ1v) is 14.4. The van der Waals surface area contributed by atoms with Crippen molar-refractivity contribution in [2.45, 2.75) is 32.7 Å². The lowest BCUT2D eigenvalue weighted by atomic mass is 9.90. The molecule has 1 amide bonds. The summed E-state index contributed by atoms with van der Waals surface area (Å²) in [4.78, 5) is 48.5. The Labute approximate surface area is 240 Å². The largest absolute Gasteiger partial charge is 0.496 e. The van der Waals surface area contributed by atoms with E-state index in [1.54, 1.807) is 26.0 Å². The van der Waals surface area contributed by atoms with Crippen molar-refractivity contribution in [1.82, 2.24) is 4.57 Å². The van der Waals surface area contributed by atoms with Gasteiger partial charge >= 0.3 is 5.97 Å². The lowest BCUT2D eigenvalue weighted by molar-refractivity contribution is -0.139. The van der Waals surface area contributed by atoms with Gasteiger partial charge in [0.25, 0.3) is 11.5 Å². The maximum atomic E-state index is 14.5. The number of carbonyl (C=O) groups excluding carboxylic acids is 2. The number of anilines is 1. The number of rotatable bonds is 6. The van der Waals surface area contributed by atoms with Crippen molar-refractivity contribution >= 4 is 45.2 Å². The molecule has 0 N–H and O–H groups in total. The Morgan fingerprint density at radius 3 is 2.54 bits per heavy atom. The molecule has 41 heavy (non-hydrogen) atoms. The Morgan fingerprint density at radius 1 is 1.02 bits per heavy atom. The molecular formula is C32H29N3O5S. The second-order valence-electron chi connectivity index (χ2n) is 9.89. The smallest absolute Gasteiger partial charge is 0.338 e. The zero-order valence-corrected chi connectivity index (χ0v) is 24.1. The van der Waals surface area contributed by atoms with Gasteiger partial charge in [0.2, 0.25) is 0 Å². The Balaban J connectivity index is 1.76. The fourth-order valence-corrected chi connectivity index (χ4v) is 6.88. The topological polar surface area (TPSA) is 90.2 Å². The number of hydrogen-bond donors (Lipinski definition) is 0. The lowest BCUT2D eigenvalue weighted by Crippen LogP contribution is -2.41. The number of likely N-dealkylation sites (N-methyl/N-ethyl adjacent to an activating group) is 1. The number of para-hydroxylation sites is 1. The molecule has 2 aliphatic rings. The van der Waals surface area contributed by atoms with E-state index in [0.29, 0.717) is 44.9 Å². The van der Waals surface area contributed by atoms with Crippen LogP contribution in [-0.2, 0) is 14.3 Å². The third kappa shape index (κ3) is 4.11. The normalized spacial score (nSPS) is 17.4. The molecule has 0 fully saturated rings. The highest BCUT2D eigenvalue weighted by molar-refractivity contribution is 7.07. The quantitative estimate of drug-likeness (QED) is 0.328. The first kappa shape index (κ1) is 26.7. The molecule has 208 valence electrons. The maximum Gasteiger partial charge on any atom is 0.338 e. The molecule has 3 aromatic carbocycles. The molecule has 1 aromatic heterocycles. The predicted molar refractivity (Wildman–Crippen MR) is 159 cm³/mol. The summed E-state index contributed by atoms with van der Waals surface area (Å²) in [5.41, 5.74) is 2.94. The van der Waals surface area contributed by atoms with Gasteiger partial charge in [0.05, 0.1) is 36.2 Å². The van der Waals surface area contributed by atoms with Crippen molar-refractivity contribution in [1.29, 1.82) is 0 Å². The molecule has 0 radical (unpaired) electrons. The number of hydrogen-bond acceptors (Lipinski definition) is 7. The van der Waals surface area contributed by atoms with Crippen LogP contribution in [0, 0.1) is 0 Å². The predicted octanol–water partition coefficient (Wildman–Crippen LogP) is 4.09. The third-order valence-electron chi connectivity index (χ3n) is 7.57. The average Bonchev–Trinajstić information content (AvgIpc) is 3.43. The van der Waals surface area contributed by atoms with Gasteiger partial charge in [-0.25, -0.2) is 9.79 Å². The molecule has 2 aliphatic heterocycles. The molecule has 0 saturated carbocycles. The number of fused-ring (bicyclic) bond motifs is 3. The first-order valence-electron chi connectivity index (χ1n) is 13.6. The molecule has 1 atom stereocenters. The van der Waals surface area contributed by atoms with Gasteiger partial charge in [0.15, 0.2) is 4.80 Å². The van der Waals surface area contributed by atoms with Crippen LogP contribution in [0.4, 0.5) is 5.69 Å². The number of carbonyl (C=O) groups is 2. The minimum atomic E-state index is -0.869. The summed E-state index contributed by atoms with van der Waals surface area (Å²) in [6.07, 6.45) is 1.25. The number of nitrogens with zero attached hydrogens (tertiary/aromatic N) is 3. The van der Waals surface area contributed by atoms with E-state index in [1.807, 2.05) is 67.6 Å². The zero-order valence-electron chi connectivity index (χ0n) is 23.3. The fourth-order valence-electron chi connectivity index (χ4n) is 5.77. The Bertz CT molecular complexity index is 1950. The molecular weight excluding hydrogens is 538 g/mol. The maximum absolute atomic E-state index is 14.5. The summed E-state index contributed by atoms with van der Waals surface area (Å²) < 4.78 is 13.2. The highest BCUT2D eigenvalue weighted by Gasteiger charge is 2.38. The molecule has 0 aliphatic carbocycles. The van der Waals surface area contributed by atoms with E-state index in [1.165, 1.54) is 15.9 Å². The van der Waals surface area contributed by atoms with Gasteiger partial charge in [-0.1, -0.05) is 73.2 Å². The summed E-state index contributed by atoms with van der Waals surface area (Å²) >= 11 is 1.17. The molecule has 0 saturated heterocycles. The van der Waals surface area contributed by atoms with Gasteiger partial charge in [-0.2, -0.15) is 0 Å². The van der Waals surface area contributed by atoms with E-state index in [9.17, 15) is 14.4 Å². The number of ether oxygens (including phenoxy) is 2. The van der Waals surface area contributed by atoms with E-state index >= 15 is 0 Å². The Kier molecular flexibility index (Phi) is 6.83. The van der Waals surface area contributed by atoms with Crippen LogP contribution in [0.1, 0.15) is 43.9 Å². The van der Waals surface area contributed by atoms with Gasteiger partial charge in [-0.15, -0.1) is 0 Å². The Hall–Kier alpha value is -4.50. The van der Waals surface area contributed by atoms with Crippen LogP contribution in [-0.4, -0.2) is 37.2 Å². The van der Waals surface area contributed by atoms with Crippen molar-refractivity contribution in [3.05, 3.63) is 103 Å². The number of amides is 1. The van der Waals surface area contributed by atoms with Crippen LogP contribution in [0.25, 0.3) is 16.3 Å². The number of aromatic nitrogens is 1. The van der Waals surface area contributed by atoms with E-state index in [-0.39, 0.29) is 22.6 Å². The van der Waals surface area contributed by atoms with Crippen molar-refractivity contribution in [2.75, 3.05) is 25.7 Å². The molecule has 0 bridgehead atoms. The van der Waals surface area contributed by atoms with Crippen molar-refractivity contribution < 1.29 is 19.1 Å². The number of allylic oxidation sites excluding steroid dienone is 1. The van der Waals surface area contributed by atoms with Crippen LogP contribution < -0.4 is 24.5 Å². The summed E-state index contributed by atoms with van der Waals surface area (Å²) in [7, 11) is 3.28. The van der Waals surface area contributed by atoms with Crippen molar-refractivity contribution in [2.24, 2.45) is 4.99 Å². The average molecular weight is 568 g/mol. The van der Waals surface area contributed by atoms with E-state index in [4.69, 9.17) is 14.5 Å². The second-order valence-corrected chi connectivity index (χ2v) is 10.9. The highest BCUT2D eigenvalue weighted by Crippen LogP contribution is 2.41. The van der Waals surface area contributed by atoms with Crippen LogP contribution in [0.5, 0.6) is 5.75 Å². The molecule has 0 spiro atoms. The SMILES string of the molecule is CCCC1=C(C(=O)OCC)[C@H](c2c(OC)ccc3ccccc23)n2c(s/c(=C3\C(=O)N(C)c4ccccc43)c2=O)=N1. The fraction of sp³-hybridized carbons (Fsp3) is 0.250. The highest BCUT2D eigenvalue weighted by atomic mass is 32.1. The number of thiazole rings is 1. The van der Waals surface area contributed by atoms with E-state index in [0.717, 1.165) is 22.9 Å². The molecule has 8 nitrogen and oxygen atoms in total. The number of methoxy groups -OCH3 is 1. The summed E-state index contributed by atoms with van der Waals surface area (Å²) in [5.74, 6) is -0.248. The minimum absolute atomic E-state index is 0.174. The van der Waals surface area contributed by atoms with Gasteiger partial charge < -0.3 is 14.4 Å². The standard InChI is InChI=1S/C32H29N3O5S/c1-5-11-21-26(31(38)40-6-2)27(24-19-13-8-7-12-18(19)16-17-23(24)39-4)35-30(37)28(41-32(35)33-21)25-20-14-9-10-15-22(20)34(3)29(25)36/h7-10,12-17,27H,5-6,11H2,1-4H3/b28-25-/t27-/m0/s1.